The number of amides is 1. The lowest BCUT2D eigenvalue weighted by Crippen LogP contribution is -2.57. The van der Waals surface area contributed by atoms with Crippen LogP contribution in [0.25, 0.3) is 0 Å². The molecule has 1 atom stereocenters. The fourth-order valence-electron chi connectivity index (χ4n) is 2.03. The standard InChI is InChI=1S/C12H23N3O6S/c1-11(2,3)21-10(18)13-12(9(16)17)6-7-15(8-12)22(19,20)14(4)5/h6-8H2,1-5H3,(H,13,18)(H,16,17). The predicted molar refractivity (Wildman–Crippen MR) is 78.5 cm³/mol. The Hall–Kier alpha value is -1.39. The number of carbonyl (C=O) groups excluding carboxylic acids is 1. The quantitative estimate of drug-likeness (QED) is 0.737. The van der Waals surface area contributed by atoms with Crippen LogP contribution in [0.1, 0.15) is 27.2 Å². The van der Waals surface area contributed by atoms with Crippen molar-refractivity contribution in [1.29, 1.82) is 0 Å². The van der Waals surface area contributed by atoms with Crippen LogP contribution in [-0.4, -0.2) is 72.5 Å². The summed E-state index contributed by atoms with van der Waals surface area (Å²) in [6, 6.07) is 0. The first-order valence-electron chi connectivity index (χ1n) is 6.72. The molecule has 128 valence electrons. The van der Waals surface area contributed by atoms with E-state index < -0.39 is 33.4 Å². The molecule has 1 amide bonds. The van der Waals surface area contributed by atoms with Crippen molar-refractivity contribution in [3.63, 3.8) is 0 Å². The number of carbonyl (C=O) groups is 2. The Balaban J connectivity index is 2.93. The van der Waals surface area contributed by atoms with E-state index in [1.54, 1.807) is 20.8 Å². The Morgan fingerprint density at radius 2 is 1.86 bits per heavy atom. The van der Waals surface area contributed by atoms with E-state index in [9.17, 15) is 23.1 Å². The van der Waals surface area contributed by atoms with Crippen molar-refractivity contribution in [1.82, 2.24) is 13.9 Å². The average molecular weight is 337 g/mol. The first-order chi connectivity index (χ1) is 9.80. The van der Waals surface area contributed by atoms with Crippen LogP contribution in [0.15, 0.2) is 0 Å². The molecule has 1 rings (SSSR count). The second kappa shape index (κ2) is 6.01. The van der Waals surface area contributed by atoms with Crippen molar-refractivity contribution in [2.75, 3.05) is 27.2 Å². The molecule has 0 radical (unpaired) electrons. The van der Waals surface area contributed by atoms with Gasteiger partial charge >= 0.3 is 12.1 Å². The number of aliphatic carboxylic acids is 1. The Labute approximate surface area is 130 Å². The molecule has 22 heavy (non-hydrogen) atoms. The second-order valence-electron chi connectivity index (χ2n) is 6.39. The van der Waals surface area contributed by atoms with Crippen molar-refractivity contribution in [3.05, 3.63) is 0 Å². The Bertz CT molecular complexity index is 554. The van der Waals surface area contributed by atoms with Crippen LogP contribution < -0.4 is 5.32 Å². The van der Waals surface area contributed by atoms with Crippen LogP contribution >= 0.6 is 0 Å². The van der Waals surface area contributed by atoms with Gasteiger partial charge in [-0.3, -0.25) is 0 Å². The summed E-state index contributed by atoms with van der Waals surface area (Å²) < 4.78 is 31.2. The van der Waals surface area contributed by atoms with Crippen LogP contribution in [0, 0.1) is 0 Å². The summed E-state index contributed by atoms with van der Waals surface area (Å²) in [5.74, 6) is -1.30. The van der Waals surface area contributed by atoms with Gasteiger partial charge < -0.3 is 15.2 Å². The van der Waals surface area contributed by atoms with Crippen LogP contribution in [0.5, 0.6) is 0 Å². The number of rotatable bonds is 4. The maximum Gasteiger partial charge on any atom is 0.408 e. The zero-order valence-corrected chi connectivity index (χ0v) is 14.2. The van der Waals surface area contributed by atoms with Gasteiger partial charge in [0.1, 0.15) is 5.60 Å². The van der Waals surface area contributed by atoms with Crippen LogP contribution in [-0.2, 0) is 19.7 Å². The molecule has 1 fully saturated rings. The number of ether oxygens (including phenoxy) is 1. The fourth-order valence-corrected chi connectivity index (χ4v) is 3.20. The van der Waals surface area contributed by atoms with E-state index in [-0.39, 0.29) is 19.5 Å². The minimum Gasteiger partial charge on any atom is -0.479 e. The number of carboxylic acid groups (broad SMARTS) is 1. The lowest BCUT2D eigenvalue weighted by molar-refractivity contribution is -0.144. The number of nitrogens with zero attached hydrogens (tertiary/aromatic N) is 2. The molecule has 1 aliphatic rings. The molecule has 0 aromatic carbocycles. The highest BCUT2D eigenvalue weighted by Crippen LogP contribution is 2.25. The fraction of sp³-hybridized carbons (Fsp3) is 0.833. The lowest BCUT2D eigenvalue weighted by atomic mass is 9.99. The first-order valence-corrected chi connectivity index (χ1v) is 8.12. The SMILES string of the molecule is CN(C)S(=O)(=O)N1CCC(NC(=O)OC(C)(C)C)(C(=O)O)C1. The summed E-state index contributed by atoms with van der Waals surface area (Å²) in [5.41, 5.74) is -2.47. The summed E-state index contributed by atoms with van der Waals surface area (Å²) >= 11 is 0. The van der Waals surface area contributed by atoms with Crippen LogP contribution in [0.3, 0.4) is 0 Å². The largest absolute Gasteiger partial charge is 0.479 e. The van der Waals surface area contributed by atoms with Gasteiger partial charge in [0.05, 0.1) is 0 Å². The van der Waals surface area contributed by atoms with Gasteiger partial charge in [-0.1, -0.05) is 0 Å². The topological polar surface area (TPSA) is 116 Å². The molecule has 1 unspecified atom stereocenters. The van der Waals surface area contributed by atoms with Gasteiger partial charge in [0, 0.05) is 27.2 Å². The monoisotopic (exact) mass is 337 g/mol. The maximum absolute atomic E-state index is 12.1. The highest BCUT2D eigenvalue weighted by atomic mass is 32.2. The Morgan fingerprint density at radius 3 is 2.27 bits per heavy atom. The van der Waals surface area contributed by atoms with E-state index in [4.69, 9.17) is 4.74 Å². The molecule has 0 spiro atoms. The van der Waals surface area contributed by atoms with Crippen molar-refractivity contribution in [2.45, 2.75) is 38.3 Å². The number of carboxylic acids is 1. The Kier molecular flexibility index (Phi) is 5.10. The van der Waals surface area contributed by atoms with Crippen LogP contribution in [0.2, 0.25) is 0 Å². The van der Waals surface area contributed by atoms with E-state index in [0.717, 1.165) is 8.61 Å². The van der Waals surface area contributed by atoms with E-state index in [1.165, 1.54) is 14.1 Å². The zero-order valence-electron chi connectivity index (χ0n) is 13.4. The zero-order chi connectivity index (χ0) is 17.3. The molecule has 9 nitrogen and oxygen atoms in total. The molecule has 0 aromatic heterocycles. The second-order valence-corrected chi connectivity index (χ2v) is 8.53. The van der Waals surface area contributed by atoms with Gasteiger partial charge in [-0.05, 0) is 27.2 Å². The number of hydrogen-bond donors (Lipinski definition) is 2. The van der Waals surface area contributed by atoms with Gasteiger partial charge in [0.25, 0.3) is 10.2 Å². The minimum atomic E-state index is -3.74. The predicted octanol–water partition coefficient (Wildman–Crippen LogP) is -0.153. The number of nitrogens with one attached hydrogen (secondary N) is 1. The summed E-state index contributed by atoms with van der Waals surface area (Å²) in [6.45, 7) is 4.61. The van der Waals surface area contributed by atoms with Gasteiger partial charge in [-0.15, -0.1) is 0 Å². The van der Waals surface area contributed by atoms with E-state index in [0.29, 0.717) is 0 Å². The molecule has 2 N–H and O–H groups in total. The molecule has 0 saturated carbocycles. The van der Waals surface area contributed by atoms with Crippen molar-refractivity contribution in [2.24, 2.45) is 0 Å². The lowest BCUT2D eigenvalue weighted by Gasteiger charge is -2.28. The number of hydrogen-bond acceptors (Lipinski definition) is 5. The normalized spacial score (nSPS) is 23.5. The third-order valence-corrected chi connectivity index (χ3v) is 5.06. The van der Waals surface area contributed by atoms with E-state index in [1.807, 2.05) is 0 Å². The third-order valence-electron chi connectivity index (χ3n) is 3.17. The first kappa shape index (κ1) is 18.7. The maximum atomic E-state index is 12.1. The minimum absolute atomic E-state index is 0.00259. The molecule has 10 heteroatoms. The van der Waals surface area contributed by atoms with Crippen LogP contribution in [0.4, 0.5) is 4.79 Å². The van der Waals surface area contributed by atoms with Crippen molar-refractivity contribution in [3.8, 4) is 0 Å². The van der Waals surface area contributed by atoms with Crippen molar-refractivity contribution < 1.29 is 27.9 Å². The molecular weight excluding hydrogens is 314 g/mol. The molecule has 1 saturated heterocycles. The molecule has 0 aromatic rings. The van der Waals surface area contributed by atoms with E-state index >= 15 is 0 Å². The summed E-state index contributed by atoms with van der Waals surface area (Å²) in [7, 11) is -1.02. The summed E-state index contributed by atoms with van der Waals surface area (Å²) in [5, 5.41) is 11.7. The smallest absolute Gasteiger partial charge is 0.408 e. The Morgan fingerprint density at radius 1 is 1.32 bits per heavy atom. The molecule has 0 bridgehead atoms. The van der Waals surface area contributed by atoms with Gasteiger partial charge in [-0.25, -0.2) is 9.59 Å². The highest BCUT2D eigenvalue weighted by molar-refractivity contribution is 7.86. The van der Waals surface area contributed by atoms with Crippen molar-refractivity contribution >= 4 is 22.3 Å². The highest BCUT2D eigenvalue weighted by Gasteiger charge is 2.50. The van der Waals surface area contributed by atoms with E-state index in [2.05, 4.69) is 5.32 Å². The number of alkyl carbamates (subject to hydrolysis) is 1. The summed E-state index contributed by atoms with van der Waals surface area (Å²) in [6.07, 6.45) is -0.923. The molecule has 1 heterocycles. The molecule has 0 aliphatic carbocycles. The van der Waals surface area contributed by atoms with Gasteiger partial charge in [-0.2, -0.15) is 17.0 Å². The van der Waals surface area contributed by atoms with Gasteiger partial charge in [0.15, 0.2) is 5.54 Å². The molecule has 1 aliphatic heterocycles. The third kappa shape index (κ3) is 4.08. The van der Waals surface area contributed by atoms with Gasteiger partial charge in [0.2, 0.25) is 0 Å². The average Bonchev–Trinajstić information content (AvgIpc) is 2.72. The summed E-state index contributed by atoms with van der Waals surface area (Å²) in [4.78, 5) is 23.4. The molecular formula is C12H23N3O6S.